The second kappa shape index (κ2) is 6.70. The largest absolute Gasteiger partial charge is 0.256 e. The predicted molar refractivity (Wildman–Crippen MR) is 106 cm³/mol. The van der Waals surface area contributed by atoms with Gasteiger partial charge in [0, 0.05) is 11.8 Å². The maximum absolute atomic E-state index is 4.86. The highest BCUT2D eigenvalue weighted by Gasteiger charge is 2.29. The molecule has 1 nitrogen and oxygen atoms in total. The van der Waals surface area contributed by atoms with E-state index in [-0.39, 0.29) is 10.8 Å². The van der Waals surface area contributed by atoms with Gasteiger partial charge in [-0.25, -0.2) is 0 Å². The Balaban J connectivity index is 2.68. The molecule has 0 radical (unpaired) electrons. The van der Waals surface area contributed by atoms with Gasteiger partial charge in [0.1, 0.15) is 0 Å². The summed E-state index contributed by atoms with van der Waals surface area (Å²) in [7, 11) is 0. The average molecular weight is 324 g/mol. The summed E-state index contributed by atoms with van der Waals surface area (Å²) in [6.07, 6.45) is 4.37. The van der Waals surface area contributed by atoms with Crippen LogP contribution in [0, 0.1) is 13.8 Å². The first-order valence-electron chi connectivity index (χ1n) is 9.21. The fraction of sp³-hybridized carbons (Fsp3) is 0.522. The molecule has 0 saturated carbocycles. The Kier molecular flexibility index (Phi) is 5.22. The molecule has 1 aromatic heterocycles. The van der Waals surface area contributed by atoms with Crippen molar-refractivity contribution in [2.24, 2.45) is 0 Å². The van der Waals surface area contributed by atoms with E-state index in [1.807, 2.05) is 0 Å². The van der Waals surface area contributed by atoms with Crippen LogP contribution in [0.15, 0.2) is 30.5 Å². The molecule has 1 heteroatoms. The molecular weight excluding hydrogens is 290 g/mol. The van der Waals surface area contributed by atoms with Crippen molar-refractivity contribution in [3.05, 3.63) is 52.7 Å². The first kappa shape index (κ1) is 18.7. The molecule has 0 unspecified atom stereocenters. The van der Waals surface area contributed by atoms with Crippen molar-refractivity contribution in [3.63, 3.8) is 0 Å². The Morgan fingerprint density at radius 2 is 1.42 bits per heavy atom. The molecule has 130 valence electrons. The SMILES string of the molecule is CCC(C)(C)c1cnc(-c2ccc(C)cc2C)cc1C(C)(C)CC. The fourth-order valence-electron chi connectivity index (χ4n) is 3.18. The van der Waals surface area contributed by atoms with Gasteiger partial charge in [-0.05, 0) is 60.3 Å². The molecule has 0 aliphatic rings. The van der Waals surface area contributed by atoms with E-state index in [0.717, 1.165) is 18.5 Å². The van der Waals surface area contributed by atoms with Crippen molar-refractivity contribution in [1.29, 1.82) is 0 Å². The lowest BCUT2D eigenvalue weighted by molar-refractivity contribution is 0.454. The highest BCUT2D eigenvalue weighted by atomic mass is 14.7. The molecule has 0 N–H and O–H groups in total. The molecular formula is C23H33N. The summed E-state index contributed by atoms with van der Waals surface area (Å²) in [5, 5.41) is 0. The predicted octanol–water partition coefficient (Wildman–Crippen LogP) is 6.74. The van der Waals surface area contributed by atoms with Crippen LogP contribution in [0.25, 0.3) is 11.3 Å². The van der Waals surface area contributed by atoms with Gasteiger partial charge in [0.15, 0.2) is 0 Å². The van der Waals surface area contributed by atoms with Crippen LogP contribution in [0.4, 0.5) is 0 Å². The standard InChI is InChI=1S/C23H33N/c1-9-22(5,6)19-14-21(18-12-11-16(3)13-17(18)4)24-15-20(19)23(7,8)10-2/h11-15H,9-10H2,1-8H3. The van der Waals surface area contributed by atoms with Gasteiger partial charge in [0.25, 0.3) is 0 Å². The van der Waals surface area contributed by atoms with Crippen LogP contribution in [0.1, 0.15) is 76.6 Å². The molecule has 0 aliphatic heterocycles. The number of rotatable bonds is 5. The van der Waals surface area contributed by atoms with Crippen LogP contribution in [0.2, 0.25) is 0 Å². The van der Waals surface area contributed by atoms with Crippen molar-refractivity contribution in [2.45, 2.75) is 79.1 Å². The van der Waals surface area contributed by atoms with Crippen LogP contribution in [-0.4, -0.2) is 4.98 Å². The number of nitrogens with zero attached hydrogens (tertiary/aromatic N) is 1. The Morgan fingerprint density at radius 3 is 1.96 bits per heavy atom. The summed E-state index contributed by atoms with van der Waals surface area (Å²) in [5.74, 6) is 0. The monoisotopic (exact) mass is 323 g/mol. The van der Waals surface area contributed by atoms with Gasteiger partial charge >= 0.3 is 0 Å². The third-order valence-corrected chi connectivity index (χ3v) is 5.79. The number of aryl methyl sites for hydroxylation is 2. The third-order valence-electron chi connectivity index (χ3n) is 5.79. The average Bonchev–Trinajstić information content (AvgIpc) is 2.54. The van der Waals surface area contributed by atoms with Gasteiger partial charge in [0.2, 0.25) is 0 Å². The number of hydrogen-bond donors (Lipinski definition) is 0. The highest BCUT2D eigenvalue weighted by molar-refractivity contribution is 5.65. The normalized spacial score (nSPS) is 12.5. The van der Waals surface area contributed by atoms with Gasteiger partial charge in [-0.15, -0.1) is 0 Å². The summed E-state index contributed by atoms with van der Waals surface area (Å²) in [6, 6.07) is 8.97. The zero-order valence-corrected chi connectivity index (χ0v) is 16.7. The lowest BCUT2D eigenvalue weighted by atomic mass is 9.72. The summed E-state index contributed by atoms with van der Waals surface area (Å²) in [4.78, 5) is 4.86. The van der Waals surface area contributed by atoms with Gasteiger partial charge in [-0.2, -0.15) is 0 Å². The quantitative estimate of drug-likeness (QED) is 0.593. The number of benzene rings is 1. The second-order valence-electron chi connectivity index (χ2n) is 8.41. The van der Waals surface area contributed by atoms with E-state index in [1.165, 1.54) is 27.8 Å². The lowest BCUT2D eigenvalue weighted by Gasteiger charge is -2.33. The van der Waals surface area contributed by atoms with Crippen molar-refractivity contribution < 1.29 is 0 Å². The zero-order chi connectivity index (χ0) is 18.1. The number of pyridine rings is 1. The summed E-state index contributed by atoms with van der Waals surface area (Å²) >= 11 is 0. The van der Waals surface area contributed by atoms with Crippen LogP contribution in [-0.2, 0) is 10.8 Å². The van der Waals surface area contributed by atoms with E-state index in [1.54, 1.807) is 0 Å². The van der Waals surface area contributed by atoms with E-state index in [2.05, 4.69) is 85.9 Å². The number of hydrogen-bond acceptors (Lipinski definition) is 1. The molecule has 0 bridgehead atoms. The maximum atomic E-state index is 4.86. The van der Waals surface area contributed by atoms with Crippen LogP contribution >= 0.6 is 0 Å². The molecule has 0 saturated heterocycles. The molecule has 2 rings (SSSR count). The Morgan fingerprint density at radius 1 is 0.833 bits per heavy atom. The van der Waals surface area contributed by atoms with E-state index in [4.69, 9.17) is 4.98 Å². The summed E-state index contributed by atoms with van der Waals surface area (Å²) in [5.41, 5.74) is 8.08. The second-order valence-corrected chi connectivity index (χ2v) is 8.41. The lowest BCUT2D eigenvalue weighted by Crippen LogP contribution is -2.26. The first-order chi connectivity index (χ1) is 11.1. The fourth-order valence-corrected chi connectivity index (χ4v) is 3.18. The van der Waals surface area contributed by atoms with Gasteiger partial charge in [-0.3, -0.25) is 4.98 Å². The molecule has 0 aliphatic carbocycles. The molecule has 1 heterocycles. The minimum Gasteiger partial charge on any atom is -0.256 e. The number of aromatic nitrogens is 1. The molecule has 1 aromatic carbocycles. The molecule has 24 heavy (non-hydrogen) atoms. The van der Waals surface area contributed by atoms with E-state index < -0.39 is 0 Å². The maximum Gasteiger partial charge on any atom is 0.0707 e. The van der Waals surface area contributed by atoms with Crippen LogP contribution in [0.3, 0.4) is 0 Å². The highest BCUT2D eigenvalue weighted by Crippen LogP contribution is 2.39. The summed E-state index contributed by atoms with van der Waals surface area (Å²) in [6.45, 7) is 18.2. The Bertz CT molecular complexity index is 723. The molecule has 0 spiro atoms. The topological polar surface area (TPSA) is 12.9 Å². The van der Waals surface area contributed by atoms with Crippen molar-refractivity contribution >= 4 is 0 Å². The zero-order valence-electron chi connectivity index (χ0n) is 16.7. The van der Waals surface area contributed by atoms with Gasteiger partial charge in [0.05, 0.1) is 5.69 Å². The van der Waals surface area contributed by atoms with E-state index in [0.29, 0.717) is 0 Å². The van der Waals surface area contributed by atoms with Crippen molar-refractivity contribution in [3.8, 4) is 11.3 Å². The van der Waals surface area contributed by atoms with E-state index >= 15 is 0 Å². The molecule has 2 aromatic rings. The van der Waals surface area contributed by atoms with E-state index in [9.17, 15) is 0 Å². The Labute approximate surface area is 148 Å². The molecule has 0 atom stereocenters. The van der Waals surface area contributed by atoms with Gasteiger partial charge < -0.3 is 0 Å². The first-order valence-corrected chi connectivity index (χ1v) is 9.21. The summed E-state index contributed by atoms with van der Waals surface area (Å²) < 4.78 is 0. The minimum absolute atomic E-state index is 0.148. The van der Waals surface area contributed by atoms with Crippen LogP contribution in [0.5, 0.6) is 0 Å². The molecule has 0 amide bonds. The minimum atomic E-state index is 0.148. The van der Waals surface area contributed by atoms with Crippen molar-refractivity contribution in [2.75, 3.05) is 0 Å². The smallest absolute Gasteiger partial charge is 0.0707 e. The molecule has 0 fully saturated rings. The van der Waals surface area contributed by atoms with Gasteiger partial charge in [-0.1, -0.05) is 65.3 Å². The van der Waals surface area contributed by atoms with Crippen molar-refractivity contribution in [1.82, 2.24) is 4.98 Å². The third kappa shape index (κ3) is 3.55. The van der Waals surface area contributed by atoms with Crippen LogP contribution < -0.4 is 0 Å². The Hall–Kier alpha value is -1.63.